The van der Waals surface area contributed by atoms with Gasteiger partial charge in [0.05, 0.1) is 19.6 Å². The Labute approximate surface area is 147 Å². The van der Waals surface area contributed by atoms with Crippen molar-refractivity contribution in [1.82, 2.24) is 0 Å². The molecule has 0 aromatic heterocycles. The molecule has 2 atom stereocenters. The second kappa shape index (κ2) is 5.59. The van der Waals surface area contributed by atoms with Crippen LogP contribution in [0, 0.1) is 24.2 Å². The number of quaternary nitrogens is 1. The summed E-state index contributed by atoms with van der Waals surface area (Å²) < 4.78 is 0. The molecule has 130 valence electrons. The lowest BCUT2D eigenvalue weighted by Gasteiger charge is -2.62. The van der Waals surface area contributed by atoms with Crippen molar-refractivity contribution < 1.29 is 4.90 Å². The molecule has 24 heavy (non-hydrogen) atoms. The highest BCUT2D eigenvalue weighted by Crippen LogP contribution is 2.65. The quantitative estimate of drug-likeness (QED) is 0.860. The smallest absolute Gasteiger partial charge is 0.0828 e. The number of hydrogen-bond acceptors (Lipinski definition) is 0. The molecule has 2 unspecified atom stereocenters. The molecule has 0 spiro atoms. The minimum atomic E-state index is 0.535. The maximum absolute atomic E-state index is 2.48. The third kappa shape index (κ3) is 2.55. The van der Waals surface area contributed by atoms with Crippen LogP contribution < -0.4 is 4.90 Å². The Hall–Kier alpha value is -0.820. The average molecular weight is 325 g/mol. The van der Waals surface area contributed by atoms with E-state index in [1.807, 2.05) is 4.90 Å². The van der Waals surface area contributed by atoms with E-state index in [9.17, 15) is 0 Å². The molecular weight excluding hydrogens is 290 g/mol. The Kier molecular flexibility index (Phi) is 3.60. The Morgan fingerprint density at radius 3 is 2.25 bits per heavy atom. The average Bonchev–Trinajstić information content (AvgIpc) is 2.54. The van der Waals surface area contributed by atoms with Crippen LogP contribution in [-0.4, -0.2) is 19.6 Å². The molecule has 1 aromatic rings. The van der Waals surface area contributed by atoms with Crippen molar-refractivity contribution in [3.8, 4) is 0 Å². The molecule has 1 nitrogen and oxygen atoms in total. The number of hydrogen-bond donors (Lipinski definition) is 1. The van der Waals surface area contributed by atoms with E-state index in [4.69, 9.17) is 0 Å². The summed E-state index contributed by atoms with van der Waals surface area (Å²) in [5.74, 6) is 2.05. The minimum absolute atomic E-state index is 0.535. The van der Waals surface area contributed by atoms with Gasteiger partial charge in [0.15, 0.2) is 0 Å². The molecule has 1 saturated heterocycles. The normalized spacial score (nSPS) is 41.7. The lowest BCUT2D eigenvalue weighted by atomic mass is 9.43. The van der Waals surface area contributed by atoms with Crippen LogP contribution in [-0.2, 0) is 5.41 Å². The zero-order valence-electron chi connectivity index (χ0n) is 15.4. The standard InChI is InChI=1S/C23H33N/c1-18-5-7-21(8-6-18)23-14-19-11-20(15-23)13-22(12-19,16-23)17-24-9-3-2-4-10-24/h5-8,19-20H,2-4,9-17H2,1H3/p+1. The van der Waals surface area contributed by atoms with Crippen molar-refractivity contribution in [2.75, 3.05) is 19.6 Å². The minimum Gasteiger partial charge on any atom is -0.334 e. The second-order valence-electron chi connectivity index (χ2n) is 10.1. The maximum atomic E-state index is 2.48. The summed E-state index contributed by atoms with van der Waals surface area (Å²) in [6.45, 7) is 6.63. The Morgan fingerprint density at radius 1 is 0.917 bits per heavy atom. The first kappa shape index (κ1) is 15.4. The van der Waals surface area contributed by atoms with E-state index in [2.05, 4.69) is 31.2 Å². The molecule has 1 N–H and O–H groups in total. The summed E-state index contributed by atoms with van der Waals surface area (Å²) in [5, 5.41) is 0. The predicted octanol–water partition coefficient (Wildman–Crippen LogP) is 3.90. The van der Waals surface area contributed by atoms with Crippen LogP contribution in [0.5, 0.6) is 0 Å². The number of piperidine rings is 1. The Balaban J connectivity index is 1.45. The van der Waals surface area contributed by atoms with Crippen LogP contribution in [0.25, 0.3) is 0 Å². The molecule has 1 heterocycles. The largest absolute Gasteiger partial charge is 0.334 e. The third-order valence-corrected chi connectivity index (χ3v) is 8.03. The molecule has 6 rings (SSSR count). The molecule has 1 heteroatoms. The van der Waals surface area contributed by atoms with E-state index in [0.29, 0.717) is 10.8 Å². The lowest BCUT2D eigenvalue weighted by molar-refractivity contribution is -0.912. The number of nitrogens with one attached hydrogen (secondary N) is 1. The van der Waals surface area contributed by atoms with Gasteiger partial charge in [-0.25, -0.2) is 0 Å². The fourth-order valence-electron chi connectivity index (χ4n) is 7.66. The zero-order valence-corrected chi connectivity index (χ0v) is 15.4. The number of benzene rings is 1. The summed E-state index contributed by atoms with van der Waals surface area (Å²) in [5.41, 5.74) is 4.31. The van der Waals surface area contributed by atoms with E-state index in [0.717, 1.165) is 11.8 Å². The van der Waals surface area contributed by atoms with Crippen LogP contribution >= 0.6 is 0 Å². The maximum Gasteiger partial charge on any atom is 0.0828 e. The highest BCUT2D eigenvalue weighted by atomic mass is 15.1. The molecule has 0 amide bonds. The lowest BCUT2D eigenvalue weighted by Crippen LogP contribution is -3.14. The van der Waals surface area contributed by atoms with Gasteiger partial charge in [-0.2, -0.15) is 0 Å². The summed E-state index contributed by atoms with van der Waals surface area (Å²) in [7, 11) is 0. The van der Waals surface area contributed by atoms with Gasteiger partial charge < -0.3 is 4.90 Å². The first-order valence-electron chi connectivity index (χ1n) is 10.6. The van der Waals surface area contributed by atoms with Crippen molar-refractivity contribution in [3.63, 3.8) is 0 Å². The van der Waals surface area contributed by atoms with Gasteiger partial charge in [0.1, 0.15) is 0 Å². The molecule has 4 saturated carbocycles. The van der Waals surface area contributed by atoms with Gasteiger partial charge in [-0.1, -0.05) is 29.8 Å². The van der Waals surface area contributed by atoms with Gasteiger partial charge in [0.2, 0.25) is 0 Å². The molecule has 1 aliphatic heterocycles. The fourth-order valence-corrected chi connectivity index (χ4v) is 7.66. The van der Waals surface area contributed by atoms with Crippen LogP contribution in [0.4, 0.5) is 0 Å². The first-order chi connectivity index (χ1) is 11.6. The summed E-state index contributed by atoms with van der Waals surface area (Å²) in [4.78, 5) is 1.95. The van der Waals surface area contributed by atoms with Gasteiger partial charge >= 0.3 is 0 Å². The molecular formula is C23H34N+. The van der Waals surface area contributed by atoms with Gasteiger partial charge in [-0.3, -0.25) is 0 Å². The molecule has 5 aliphatic rings. The van der Waals surface area contributed by atoms with Crippen molar-refractivity contribution in [2.45, 2.75) is 70.1 Å². The fraction of sp³-hybridized carbons (Fsp3) is 0.739. The molecule has 1 aromatic carbocycles. The first-order valence-corrected chi connectivity index (χ1v) is 10.6. The number of likely N-dealkylation sites (tertiary alicyclic amines) is 1. The molecule has 0 radical (unpaired) electrons. The van der Waals surface area contributed by atoms with E-state index in [-0.39, 0.29) is 0 Å². The molecule has 4 aliphatic carbocycles. The highest BCUT2D eigenvalue weighted by Gasteiger charge is 2.59. The second-order valence-corrected chi connectivity index (χ2v) is 10.1. The summed E-state index contributed by atoms with van der Waals surface area (Å²) in [6.07, 6.45) is 13.6. The highest BCUT2D eigenvalue weighted by molar-refractivity contribution is 5.32. The van der Waals surface area contributed by atoms with Crippen molar-refractivity contribution in [1.29, 1.82) is 0 Å². The molecule has 4 bridgehead atoms. The van der Waals surface area contributed by atoms with Gasteiger partial charge in [-0.15, -0.1) is 0 Å². The van der Waals surface area contributed by atoms with Crippen LogP contribution in [0.15, 0.2) is 24.3 Å². The zero-order chi connectivity index (χ0) is 16.2. The van der Waals surface area contributed by atoms with Crippen LogP contribution in [0.2, 0.25) is 0 Å². The van der Waals surface area contributed by atoms with Crippen molar-refractivity contribution in [3.05, 3.63) is 35.4 Å². The van der Waals surface area contributed by atoms with E-state index in [1.165, 1.54) is 63.7 Å². The van der Waals surface area contributed by atoms with Crippen LogP contribution in [0.1, 0.15) is 68.9 Å². The Bertz CT molecular complexity index is 581. The van der Waals surface area contributed by atoms with Crippen LogP contribution in [0.3, 0.4) is 0 Å². The van der Waals surface area contributed by atoms with E-state index >= 15 is 0 Å². The SMILES string of the molecule is Cc1ccc(C23CC4CC(CC(C[NH+]5CCCCC5)(C4)C2)C3)cc1. The number of aryl methyl sites for hydroxylation is 1. The Morgan fingerprint density at radius 2 is 1.58 bits per heavy atom. The van der Waals surface area contributed by atoms with Gasteiger partial charge in [-0.05, 0) is 87.5 Å². The van der Waals surface area contributed by atoms with Crippen molar-refractivity contribution >= 4 is 0 Å². The topological polar surface area (TPSA) is 4.44 Å². The third-order valence-electron chi connectivity index (χ3n) is 8.03. The summed E-state index contributed by atoms with van der Waals surface area (Å²) >= 11 is 0. The van der Waals surface area contributed by atoms with E-state index < -0.39 is 0 Å². The van der Waals surface area contributed by atoms with Gasteiger partial charge in [0, 0.05) is 5.41 Å². The number of rotatable bonds is 3. The predicted molar refractivity (Wildman–Crippen MR) is 99.4 cm³/mol. The van der Waals surface area contributed by atoms with E-state index in [1.54, 1.807) is 24.8 Å². The summed E-state index contributed by atoms with van der Waals surface area (Å²) in [6, 6.07) is 9.67. The molecule has 5 fully saturated rings. The van der Waals surface area contributed by atoms with Crippen molar-refractivity contribution in [2.24, 2.45) is 17.3 Å². The monoisotopic (exact) mass is 324 g/mol. The van der Waals surface area contributed by atoms with Gasteiger partial charge in [0.25, 0.3) is 0 Å².